The summed E-state index contributed by atoms with van der Waals surface area (Å²) in [5.41, 5.74) is -0.221. The van der Waals surface area contributed by atoms with Crippen LogP contribution in [0.2, 0.25) is 0 Å². The summed E-state index contributed by atoms with van der Waals surface area (Å²) in [4.78, 5) is 3.67. The fourth-order valence-electron chi connectivity index (χ4n) is 1.85. The van der Waals surface area contributed by atoms with Crippen molar-refractivity contribution in [2.45, 2.75) is 6.18 Å². The number of halogens is 3. The molecule has 118 valence electrons. The van der Waals surface area contributed by atoms with Gasteiger partial charge < -0.3 is 9.84 Å². The van der Waals surface area contributed by atoms with E-state index in [9.17, 15) is 23.5 Å². The number of benzene rings is 1. The van der Waals surface area contributed by atoms with E-state index in [1.807, 2.05) is 6.07 Å². The predicted molar refractivity (Wildman–Crippen MR) is 77.4 cm³/mol. The van der Waals surface area contributed by atoms with Gasteiger partial charge in [0.2, 0.25) is 0 Å². The van der Waals surface area contributed by atoms with E-state index in [1.54, 1.807) is 6.07 Å². The molecular formula is C16H11F3N2O2. The number of allylic oxidation sites excluding steroid dienone is 1. The molecule has 0 unspecified atom stereocenters. The van der Waals surface area contributed by atoms with E-state index in [4.69, 9.17) is 4.74 Å². The minimum absolute atomic E-state index is 0.0725. The van der Waals surface area contributed by atoms with Crippen LogP contribution in [0.25, 0.3) is 11.6 Å². The van der Waals surface area contributed by atoms with Crippen LogP contribution in [0.5, 0.6) is 11.5 Å². The molecule has 4 nitrogen and oxygen atoms in total. The van der Waals surface area contributed by atoms with Gasteiger partial charge in [0.05, 0.1) is 23.9 Å². The van der Waals surface area contributed by atoms with Crippen molar-refractivity contribution in [1.82, 2.24) is 4.98 Å². The molecule has 2 rings (SSSR count). The molecule has 2 aromatic rings. The number of nitrogens with zero attached hydrogens (tertiary/aromatic N) is 2. The van der Waals surface area contributed by atoms with Gasteiger partial charge in [-0.2, -0.15) is 18.4 Å². The van der Waals surface area contributed by atoms with Gasteiger partial charge in [0, 0.05) is 6.20 Å². The second-order valence-corrected chi connectivity index (χ2v) is 4.53. The molecule has 1 aromatic heterocycles. The lowest BCUT2D eigenvalue weighted by Gasteiger charge is -2.07. The van der Waals surface area contributed by atoms with Gasteiger partial charge in [-0.05, 0) is 35.9 Å². The van der Waals surface area contributed by atoms with Crippen LogP contribution < -0.4 is 4.74 Å². The quantitative estimate of drug-likeness (QED) is 0.872. The van der Waals surface area contributed by atoms with Crippen LogP contribution in [0.1, 0.15) is 16.8 Å². The first-order chi connectivity index (χ1) is 10.8. The predicted octanol–water partition coefficient (Wildman–Crippen LogP) is 3.88. The van der Waals surface area contributed by atoms with Crippen molar-refractivity contribution < 1.29 is 23.0 Å². The van der Waals surface area contributed by atoms with Crippen LogP contribution >= 0.6 is 0 Å². The summed E-state index contributed by atoms with van der Waals surface area (Å²) in [7, 11) is 1.40. The van der Waals surface area contributed by atoms with E-state index in [0.29, 0.717) is 11.8 Å². The fraction of sp³-hybridized carbons (Fsp3) is 0.125. The van der Waals surface area contributed by atoms with Gasteiger partial charge in [0.25, 0.3) is 0 Å². The molecule has 0 aliphatic carbocycles. The number of nitriles is 1. The van der Waals surface area contributed by atoms with Crippen LogP contribution in [0.4, 0.5) is 13.2 Å². The van der Waals surface area contributed by atoms with Crippen molar-refractivity contribution in [1.29, 1.82) is 5.26 Å². The number of hydrogen-bond acceptors (Lipinski definition) is 4. The van der Waals surface area contributed by atoms with Gasteiger partial charge >= 0.3 is 6.18 Å². The van der Waals surface area contributed by atoms with Gasteiger partial charge in [0.15, 0.2) is 11.5 Å². The molecule has 0 atom stereocenters. The largest absolute Gasteiger partial charge is 0.504 e. The standard InChI is InChI=1S/C16H11F3N2O2/c1-23-15-5-2-10(7-14(15)22)6-11(8-20)13-4-3-12(9-21-13)16(17,18)19/h2-7,9,22H,1H3/b11-6-. The lowest BCUT2D eigenvalue weighted by Crippen LogP contribution is -2.05. The Morgan fingerprint density at radius 2 is 2.04 bits per heavy atom. The zero-order valence-electron chi connectivity index (χ0n) is 11.9. The highest BCUT2D eigenvalue weighted by atomic mass is 19.4. The Balaban J connectivity index is 2.36. The molecule has 0 saturated heterocycles. The zero-order chi connectivity index (χ0) is 17.0. The SMILES string of the molecule is COc1ccc(/C=C(/C#N)c2ccc(C(F)(F)F)cn2)cc1O. The molecule has 1 aromatic carbocycles. The van der Waals surface area contributed by atoms with Crippen LogP contribution in [0.15, 0.2) is 36.5 Å². The molecule has 0 bridgehead atoms. The topological polar surface area (TPSA) is 66.1 Å². The molecular weight excluding hydrogens is 309 g/mol. The van der Waals surface area contributed by atoms with Crippen LogP contribution in [0, 0.1) is 11.3 Å². The van der Waals surface area contributed by atoms with E-state index < -0.39 is 11.7 Å². The normalized spacial score (nSPS) is 11.9. The number of aromatic hydroxyl groups is 1. The summed E-state index contributed by atoms with van der Waals surface area (Å²) < 4.78 is 42.4. The maximum absolute atomic E-state index is 12.5. The van der Waals surface area contributed by atoms with Crippen molar-refractivity contribution in [2.24, 2.45) is 0 Å². The average molecular weight is 320 g/mol. The number of aromatic nitrogens is 1. The third-order valence-electron chi connectivity index (χ3n) is 3.00. The number of methoxy groups -OCH3 is 1. The molecule has 23 heavy (non-hydrogen) atoms. The number of pyridine rings is 1. The van der Waals surface area contributed by atoms with Gasteiger partial charge in [0.1, 0.15) is 6.07 Å². The highest BCUT2D eigenvalue weighted by Gasteiger charge is 2.30. The lowest BCUT2D eigenvalue weighted by atomic mass is 10.1. The first-order valence-electron chi connectivity index (χ1n) is 6.37. The second-order valence-electron chi connectivity index (χ2n) is 4.53. The smallest absolute Gasteiger partial charge is 0.417 e. The van der Waals surface area contributed by atoms with E-state index in [0.717, 1.165) is 12.1 Å². The van der Waals surface area contributed by atoms with Gasteiger partial charge in [-0.3, -0.25) is 4.98 Å². The average Bonchev–Trinajstić information content (AvgIpc) is 2.52. The fourth-order valence-corrected chi connectivity index (χ4v) is 1.85. The zero-order valence-corrected chi connectivity index (χ0v) is 11.9. The molecule has 0 spiro atoms. The maximum atomic E-state index is 12.5. The molecule has 7 heteroatoms. The highest BCUT2D eigenvalue weighted by molar-refractivity contribution is 5.88. The molecule has 0 saturated carbocycles. The molecule has 0 fully saturated rings. The Kier molecular flexibility index (Phi) is 4.55. The maximum Gasteiger partial charge on any atom is 0.417 e. The van der Waals surface area contributed by atoms with Crippen molar-refractivity contribution in [3.05, 3.63) is 53.3 Å². The number of phenols is 1. The number of alkyl halides is 3. The minimum atomic E-state index is -4.48. The Morgan fingerprint density at radius 1 is 1.30 bits per heavy atom. The molecule has 0 aliphatic rings. The van der Waals surface area contributed by atoms with Gasteiger partial charge in [-0.15, -0.1) is 0 Å². The summed E-state index contributed by atoms with van der Waals surface area (Å²) >= 11 is 0. The van der Waals surface area contributed by atoms with Crippen molar-refractivity contribution in [2.75, 3.05) is 7.11 Å². The highest BCUT2D eigenvalue weighted by Crippen LogP contribution is 2.30. The molecule has 1 heterocycles. The van der Waals surface area contributed by atoms with Crippen molar-refractivity contribution >= 4 is 11.6 Å². The summed E-state index contributed by atoms with van der Waals surface area (Å²) in [5.74, 6) is 0.159. The van der Waals surface area contributed by atoms with Gasteiger partial charge in [-0.1, -0.05) is 6.07 Å². The summed E-state index contributed by atoms with van der Waals surface area (Å²) in [5, 5.41) is 18.9. The number of hydrogen-bond donors (Lipinski definition) is 1. The number of phenolic OH excluding ortho intramolecular Hbond substituents is 1. The van der Waals surface area contributed by atoms with Crippen LogP contribution in [-0.2, 0) is 6.18 Å². The van der Waals surface area contributed by atoms with E-state index in [-0.39, 0.29) is 22.8 Å². The minimum Gasteiger partial charge on any atom is -0.504 e. The Bertz CT molecular complexity index is 775. The Labute approximate surface area is 130 Å². The monoisotopic (exact) mass is 320 g/mol. The third-order valence-corrected chi connectivity index (χ3v) is 3.00. The molecule has 1 N–H and O–H groups in total. The molecule has 0 aliphatic heterocycles. The molecule has 0 radical (unpaired) electrons. The Morgan fingerprint density at radius 3 is 2.52 bits per heavy atom. The first-order valence-corrected chi connectivity index (χ1v) is 6.37. The second kappa shape index (κ2) is 6.40. The summed E-state index contributed by atoms with van der Waals surface area (Å²) in [6, 6.07) is 8.35. The summed E-state index contributed by atoms with van der Waals surface area (Å²) in [6.07, 6.45) is -2.40. The number of rotatable bonds is 3. The Hall–Kier alpha value is -3.01. The van der Waals surface area contributed by atoms with Crippen molar-refractivity contribution in [3.63, 3.8) is 0 Å². The van der Waals surface area contributed by atoms with Crippen LogP contribution in [0.3, 0.4) is 0 Å². The van der Waals surface area contributed by atoms with E-state index in [1.165, 1.54) is 25.3 Å². The van der Waals surface area contributed by atoms with E-state index >= 15 is 0 Å². The third kappa shape index (κ3) is 3.80. The summed E-state index contributed by atoms with van der Waals surface area (Å²) in [6.45, 7) is 0. The lowest BCUT2D eigenvalue weighted by molar-refractivity contribution is -0.137. The van der Waals surface area contributed by atoms with E-state index in [2.05, 4.69) is 4.98 Å². The first kappa shape index (κ1) is 16.4. The van der Waals surface area contributed by atoms with Crippen LogP contribution in [-0.4, -0.2) is 17.2 Å². The van der Waals surface area contributed by atoms with Crippen molar-refractivity contribution in [3.8, 4) is 17.6 Å². The number of ether oxygens (including phenoxy) is 1. The van der Waals surface area contributed by atoms with Gasteiger partial charge in [-0.25, -0.2) is 0 Å². The molecule has 0 amide bonds.